The summed E-state index contributed by atoms with van der Waals surface area (Å²) in [6, 6.07) is 4.35. The lowest BCUT2D eigenvalue weighted by molar-refractivity contribution is 0.292. The van der Waals surface area contributed by atoms with Crippen LogP contribution in [0.25, 0.3) is 0 Å². The highest BCUT2D eigenvalue weighted by atomic mass is 19.1. The van der Waals surface area contributed by atoms with Gasteiger partial charge in [-0.3, -0.25) is 0 Å². The summed E-state index contributed by atoms with van der Waals surface area (Å²) in [6.45, 7) is 2.39. The molecule has 2 nitrogen and oxygen atoms in total. The van der Waals surface area contributed by atoms with Crippen molar-refractivity contribution in [3.63, 3.8) is 0 Å². The van der Waals surface area contributed by atoms with Crippen molar-refractivity contribution < 1.29 is 14.2 Å². The molecule has 3 heteroatoms. The zero-order valence-electron chi connectivity index (χ0n) is 7.59. The van der Waals surface area contributed by atoms with Gasteiger partial charge in [-0.1, -0.05) is 6.07 Å². The fourth-order valence-electron chi connectivity index (χ4n) is 1.15. The van der Waals surface area contributed by atoms with E-state index in [0.717, 1.165) is 5.56 Å². The third-order valence-electron chi connectivity index (χ3n) is 1.71. The molecule has 1 rings (SSSR count). The summed E-state index contributed by atoms with van der Waals surface area (Å²) in [4.78, 5) is 0. The third kappa shape index (κ3) is 2.70. The maximum Gasteiger partial charge on any atom is 0.126 e. The van der Waals surface area contributed by atoms with Gasteiger partial charge in [0.25, 0.3) is 0 Å². The van der Waals surface area contributed by atoms with Crippen LogP contribution in [0.1, 0.15) is 12.5 Å². The first kappa shape index (κ1) is 9.99. The Bertz CT molecular complexity index is 274. The van der Waals surface area contributed by atoms with E-state index in [9.17, 15) is 4.39 Å². The molecule has 13 heavy (non-hydrogen) atoms. The first-order valence-electron chi connectivity index (χ1n) is 4.30. The van der Waals surface area contributed by atoms with Crippen LogP contribution in [0.3, 0.4) is 0 Å². The fraction of sp³-hybridized carbons (Fsp3) is 0.400. The van der Waals surface area contributed by atoms with Crippen molar-refractivity contribution in [2.75, 3.05) is 13.2 Å². The summed E-state index contributed by atoms with van der Waals surface area (Å²) in [5.41, 5.74) is 0.839. The van der Waals surface area contributed by atoms with Gasteiger partial charge in [0, 0.05) is 12.7 Å². The van der Waals surface area contributed by atoms with Gasteiger partial charge in [-0.05, 0) is 25.0 Å². The molecule has 1 N–H and O–H groups in total. The summed E-state index contributed by atoms with van der Waals surface area (Å²) >= 11 is 0. The lowest BCUT2D eigenvalue weighted by atomic mass is 10.1. The average molecular weight is 184 g/mol. The lowest BCUT2D eigenvalue weighted by Crippen LogP contribution is -1.99. The number of aliphatic hydroxyl groups excluding tert-OH is 1. The van der Waals surface area contributed by atoms with Crippen molar-refractivity contribution in [1.29, 1.82) is 0 Å². The maximum atomic E-state index is 12.8. The second-order valence-electron chi connectivity index (χ2n) is 2.66. The number of rotatable bonds is 4. The van der Waals surface area contributed by atoms with Gasteiger partial charge in [0.15, 0.2) is 0 Å². The largest absolute Gasteiger partial charge is 0.493 e. The van der Waals surface area contributed by atoms with Gasteiger partial charge in [-0.25, -0.2) is 4.39 Å². The van der Waals surface area contributed by atoms with E-state index in [1.165, 1.54) is 12.1 Å². The van der Waals surface area contributed by atoms with Crippen LogP contribution < -0.4 is 4.74 Å². The molecule has 0 amide bonds. The molecule has 0 bridgehead atoms. The van der Waals surface area contributed by atoms with E-state index in [1.807, 2.05) is 6.92 Å². The van der Waals surface area contributed by atoms with Gasteiger partial charge in [-0.2, -0.15) is 0 Å². The molecular formula is C10H13FO2. The monoisotopic (exact) mass is 184 g/mol. The first-order valence-corrected chi connectivity index (χ1v) is 4.30. The molecule has 0 saturated heterocycles. The van der Waals surface area contributed by atoms with Crippen LogP contribution in [0.15, 0.2) is 18.2 Å². The minimum absolute atomic E-state index is 0.0473. The number of hydrogen-bond acceptors (Lipinski definition) is 2. The van der Waals surface area contributed by atoms with E-state index in [0.29, 0.717) is 18.8 Å². The predicted molar refractivity (Wildman–Crippen MR) is 48.4 cm³/mol. The molecule has 0 atom stereocenters. The van der Waals surface area contributed by atoms with E-state index >= 15 is 0 Å². The number of benzene rings is 1. The van der Waals surface area contributed by atoms with E-state index in [2.05, 4.69) is 0 Å². The second kappa shape index (κ2) is 4.82. The Morgan fingerprint density at radius 3 is 2.85 bits per heavy atom. The number of aliphatic hydroxyl groups is 1. The molecule has 0 radical (unpaired) electrons. The number of halogens is 1. The molecule has 0 aromatic heterocycles. The second-order valence-corrected chi connectivity index (χ2v) is 2.66. The topological polar surface area (TPSA) is 29.5 Å². The van der Waals surface area contributed by atoms with Gasteiger partial charge in [0.05, 0.1) is 6.61 Å². The molecule has 0 heterocycles. The highest BCUT2D eigenvalue weighted by molar-refractivity contribution is 5.34. The van der Waals surface area contributed by atoms with E-state index in [4.69, 9.17) is 9.84 Å². The molecular weight excluding hydrogens is 171 g/mol. The molecule has 1 aromatic carbocycles. The minimum atomic E-state index is -0.315. The highest BCUT2D eigenvalue weighted by Crippen LogP contribution is 2.20. The molecule has 72 valence electrons. The SMILES string of the molecule is CCOc1cc(F)ccc1CCO. The van der Waals surface area contributed by atoms with Gasteiger partial charge in [-0.15, -0.1) is 0 Å². The van der Waals surface area contributed by atoms with Crippen LogP contribution in [0.5, 0.6) is 5.75 Å². The molecule has 0 fully saturated rings. The third-order valence-corrected chi connectivity index (χ3v) is 1.71. The van der Waals surface area contributed by atoms with Crippen molar-refractivity contribution in [1.82, 2.24) is 0 Å². The Hall–Kier alpha value is -1.09. The molecule has 0 unspecified atom stereocenters. The quantitative estimate of drug-likeness (QED) is 0.772. The summed E-state index contributed by atoms with van der Waals surface area (Å²) in [7, 11) is 0. The van der Waals surface area contributed by atoms with Crippen LogP contribution in [0.2, 0.25) is 0 Å². The minimum Gasteiger partial charge on any atom is -0.493 e. The molecule has 0 spiro atoms. The standard InChI is InChI=1S/C10H13FO2/c1-2-13-10-7-9(11)4-3-8(10)5-6-12/h3-4,7,12H,2,5-6H2,1H3. The van der Waals surface area contributed by atoms with Crippen molar-refractivity contribution in [3.05, 3.63) is 29.6 Å². The Morgan fingerprint density at radius 1 is 1.46 bits per heavy atom. The average Bonchev–Trinajstić information content (AvgIpc) is 2.10. The summed E-state index contributed by atoms with van der Waals surface area (Å²) in [5, 5.41) is 8.73. The molecule has 0 aliphatic rings. The fourth-order valence-corrected chi connectivity index (χ4v) is 1.15. The number of ether oxygens (including phenoxy) is 1. The van der Waals surface area contributed by atoms with Gasteiger partial charge in [0.1, 0.15) is 11.6 Å². The van der Waals surface area contributed by atoms with E-state index in [-0.39, 0.29) is 12.4 Å². The van der Waals surface area contributed by atoms with Crippen LogP contribution in [0, 0.1) is 5.82 Å². The van der Waals surface area contributed by atoms with Crippen molar-refractivity contribution in [2.24, 2.45) is 0 Å². The van der Waals surface area contributed by atoms with Gasteiger partial charge < -0.3 is 9.84 Å². The van der Waals surface area contributed by atoms with Crippen LogP contribution in [-0.4, -0.2) is 18.3 Å². The zero-order valence-corrected chi connectivity index (χ0v) is 7.59. The smallest absolute Gasteiger partial charge is 0.126 e. The zero-order chi connectivity index (χ0) is 9.68. The molecule has 1 aromatic rings. The summed E-state index contributed by atoms with van der Waals surface area (Å²) < 4.78 is 18.0. The normalized spacial score (nSPS) is 10.1. The van der Waals surface area contributed by atoms with Gasteiger partial charge in [0.2, 0.25) is 0 Å². The number of hydrogen-bond donors (Lipinski definition) is 1. The molecule has 0 aliphatic heterocycles. The Balaban J connectivity index is 2.89. The highest BCUT2D eigenvalue weighted by Gasteiger charge is 2.03. The van der Waals surface area contributed by atoms with Crippen molar-refractivity contribution in [2.45, 2.75) is 13.3 Å². The van der Waals surface area contributed by atoms with Crippen LogP contribution >= 0.6 is 0 Å². The van der Waals surface area contributed by atoms with Crippen molar-refractivity contribution in [3.8, 4) is 5.75 Å². The van der Waals surface area contributed by atoms with Crippen LogP contribution in [-0.2, 0) is 6.42 Å². The predicted octanol–water partition coefficient (Wildman–Crippen LogP) is 1.76. The molecule has 0 aliphatic carbocycles. The summed E-state index contributed by atoms with van der Waals surface area (Å²) in [6.07, 6.45) is 0.496. The van der Waals surface area contributed by atoms with Crippen LogP contribution in [0.4, 0.5) is 4.39 Å². The Morgan fingerprint density at radius 2 is 2.23 bits per heavy atom. The Labute approximate surface area is 77.0 Å². The summed E-state index contributed by atoms with van der Waals surface area (Å²) in [5.74, 6) is 0.210. The van der Waals surface area contributed by atoms with Gasteiger partial charge >= 0.3 is 0 Å². The Kier molecular flexibility index (Phi) is 3.71. The van der Waals surface area contributed by atoms with E-state index < -0.39 is 0 Å². The van der Waals surface area contributed by atoms with E-state index in [1.54, 1.807) is 6.07 Å². The van der Waals surface area contributed by atoms with Crippen molar-refractivity contribution >= 4 is 0 Å². The first-order chi connectivity index (χ1) is 6.27. The molecule has 0 saturated carbocycles. The maximum absolute atomic E-state index is 12.8. The lowest BCUT2D eigenvalue weighted by Gasteiger charge is -2.08.